The van der Waals surface area contributed by atoms with Crippen LogP contribution in [-0.4, -0.2) is 47.9 Å². The van der Waals surface area contributed by atoms with Crippen molar-refractivity contribution in [1.29, 1.82) is 0 Å². The fourth-order valence-corrected chi connectivity index (χ4v) is 3.44. The minimum absolute atomic E-state index is 0.108. The van der Waals surface area contributed by atoms with Gasteiger partial charge < -0.3 is 14.8 Å². The van der Waals surface area contributed by atoms with E-state index < -0.39 is 5.97 Å². The fourth-order valence-electron chi connectivity index (χ4n) is 2.60. The van der Waals surface area contributed by atoms with Gasteiger partial charge in [-0.05, 0) is 25.1 Å². The van der Waals surface area contributed by atoms with Gasteiger partial charge in [0.05, 0.1) is 25.0 Å². The summed E-state index contributed by atoms with van der Waals surface area (Å²) < 4.78 is 10.1. The monoisotopic (exact) mass is 411 g/mol. The normalized spacial score (nSPS) is 10.6. The third-order valence-corrected chi connectivity index (χ3v) is 4.97. The molecule has 3 aromatic rings. The molecule has 0 atom stereocenters. The first-order valence-corrected chi connectivity index (χ1v) is 10.1. The standard InChI is InChI=1S/C21H21N3O4S/c1-3-28-19(26)12-22-18(25)13-29-21-16-11-15(27-2)9-10-17(16)23-20(24-21)14-7-5-4-6-8-14/h4-11H,3,12-13H2,1-2H3,(H,22,25). The van der Waals surface area contributed by atoms with Gasteiger partial charge in [-0.15, -0.1) is 0 Å². The predicted molar refractivity (Wildman–Crippen MR) is 112 cm³/mol. The molecule has 1 heterocycles. The van der Waals surface area contributed by atoms with Crippen molar-refractivity contribution >= 4 is 34.5 Å². The van der Waals surface area contributed by atoms with E-state index >= 15 is 0 Å². The Morgan fingerprint density at radius 2 is 1.90 bits per heavy atom. The number of rotatable bonds is 8. The minimum Gasteiger partial charge on any atom is -0.497 e. The first-order chi connectivity index (χ1) is 14.1. The summed E-state index contributed by atoms with van der Waals surface area (Å²) in [5.41, 5.74) is 1.65. The van der Waals surface area contributed by atoms with Crippen molar-refractivity contribution in [3.05, 3.63) is 48.5 Å². The molecule has 0 radical (unpaired) electrons. The zero-order chi connectivity index (χ0) is 20.6. The Hall–Kier alpha value is -3.13. The zero-order valence-corrected chi connectivity index (χ0v) is 17.0. The van der Waals surface area contributed by atoms with E-state index in [0.29, 0.717) is 16.6 Å². The summed E-state index contributed by atoms with van der Waals surface area (Å²) in [6, 6.07) is 15.2. The van der Waals surface area contributed by atoms with E-state index in [4.69, 9.17) is 9.47 Å². The summed E-state index contributed by atoms with van der Waals surface area (Å²) >= 11 is 1.28. The van der Waals surface area contributed by atoms with Crippen molar-refractivity contribution in [3.8, 4) is 17.1 Å². The zero-order valence-electron chi connectivity index (χ0n) is 16.2. The summed E-state index contributed by atoms with van der Waals surface area (Å²) in [7, 11) is 1.59. The Labute approximate surface area is 172 Å². The third kappa shape index (κ3) is 5.45. The highest BCUT2D eigenvalue weighted by Crippen LogP contribution is 2.30. The number of carbonyl (C=O) groups is 2. The number of aromatic nitrogens is 2. The van der Waals surface area contributed by atoms with Gasteiger partial charge in [-0.25, -0.2) is 9.97 Å². The van der Waals surface area contributed by atoms with Crippen LogP contribution in [-0.2, 0) is 14.3 Å². The summed E-state index contributed by atoms with van der Waals surface area (Å²) in [5.74, 6) is 0.630. The molecule has 0 aliphatic rings. The molecule has 1 aromatic heterocycles. The van der Waals surface area contributed by atoms with Gasteiger partial charge in [0.1, 0.15) is 17.3 Å². The molecule has 0 aliphatic heterocycles. The number of esters is 1. The van der Waals surface area contributed by atoms with Crippen molar-refractivity contribution in [2.24, 2.45) is 0 Å². The van der Waals surface area contributed by atoms with Crippen LogP contribution in [0.2, 0.25) is 0 Å². The number of amides is 1. The Bertz CT molecular complexity index is 1010. The maximum atomic E-state index is 12.1. The van der Waals surface area contributed by atoms with Gasteiger partial charge >= 0.3 is 5.97 Å². The first-order valence-electron chi connectivity index (χ1n) is 9.07. The number of fused-ring (bicyclic) bond motifs is 1. The van der Waals surface area contributed by atoms with E-state index in [2.05, 4.69) is 15.3 Å². The van der Waals surface area contributed by atoms with Gasteiger partial charge in [-0.2, -0.15) is 0 Å². The van der Waals surface area contributed by atoms with E-state index in [1.165, 1.54) is 11.8 Å². The van der Waals surface area contributed by atoms with Crippen molar-refractivity contribution in [2.75, 3.05) is 26.0 Å². The summed E-state index contributed by atoms with van der Waals surface area (Å²) in [6.07, 6.45) is 0. The van der Waals surface area contributed by atoms with Crippen molar-refractivity contribution in [3.63, 3.8) is 0 Å². The second-order valence-electron chi connectivity index (χ2n) is 5.97. The summed E-state index contributed by atoms with van der Waals surface area (Å²) in [5, 5.41) is 4.02. The largest absolute Gasteiger partial charge is 0.497 e. The molecule has 0 aliphatic carbocycles. The van der Waals surface area contributed by atoms with Crippen LogP contribution in [0.5, 0.6) is 5.75 Å². The molecular formula is C21H21N3O4S. The minimum atomic E-state index is -0.463. The number of hydrogen-bond acceptors (Lipinski definition) is 7. The van der Waals surface area contributed by atoms with E-state index in [0.717, 1.165) is 16.5 Å². The van der Waals surface area contributed by atoms with Gasteiger partial charge in [0.2, 0.25) is 5.91 Å². The van der Waals surface area contributed by atoms with Crippen LogP contribution in [0.1, 0.15) is 6.92 Å². The van der Waals surface area contributed by atoms with Crippen LogP contribution < -0.4 is 10.1 Å². The lowest BCUT2D eigenvalue weighted by Gasteiger charge is -2.10. The number of benzene rings is 2. The molecule has 2 aromatic carbocycles. The number of ether oxygens (including phenoxy) is 2. The Balaban J connectivity index is 1.84. The molecule has 0 spiro atoms. The Kier molecular flexibility index (Phi) is 7.02. The molecule has 0 saturated heterocycles. The van der Waals surface area contributed by atoms with E-state index in [-0.39, 0.29) is 24.8 Å². The molecule has 29 heavy (non-hydrogen) atoms. The quantitative estimate of drug-likeness (QED) is 0.346. The highest BCUT2D eigenvalue weighted by Gasteiger charge is 2.13. The molecule has 1 amide bonds. The summed E-state index contributed by atoms with van der Waals surface area (Å²) in [4.78, 5) is 32.8. The number of hydrogen-bond donors (Lipinski definition) is 1. The number of methoxy groups -OCH3 is 1. The number of thioether (sulfide) groups is 1. The second-order valence-corrected chi connectivity index (χ2v) is 6.94. The van der Waals surface area contributed by atoms with Crippen molar-refractivity contribution in [2.45, 2.75) is 11.9 Å². The van der Waals surface area contributed by atoms with Crippen molar-refractivity contribution < 1.29 is 19.1 Å². The van der Waals surface area contributed by atoms with E-state index in [1.807, 2.05) is 48.5 Å². The molecule has 1 N–H and O–H groups in total. The smallest absolute Gasteiger partial charge is 0.325 e. The highest BCUT2D eigenvalue weighted by molar-refractivity contribution is 8.00. The van der Waals surface area contributed by atoms with Crippen LogP contribution in [0.4, 0.5) is 0 Å². The number of carbonyl (C=O) groups excluding carboxylic acids is 2. The van der Waals surface area contributed by atoms with Gasteiger partial charge in [0.25, 0.3) is 0 Å². The SMILES string of the molecule is CCOC(=O)CNC(=O)CSc1nc(-c2ccccc2)nc2ccc(OC)cc12. The topological polar surface area (TPSA) is 90.4 Å². The average Bonchev–Trinajstić information content (AvgIpc) is 2.76. The van der Waals surface area contributed by atoms with Gasteiger partial charge in [-0.1, -0.05) is 42.1 Å². The molecular weight excluding hydrogens is 390 g/mol. The molecule has 0 fully saturated rings. The van der Waals surface area contributed by atoms with E-state index in [1.54, 1.807) is 14.0 Å². The summed E-state index contributed by atoms with van der Waals surface area (Å²) in [6.45, 7) is 1.84. The molecule has 3 rings (SSSR count). The molecule has 8 heteroatoms. The third-order valence-electron chi connectivity index (χ3n) is 3.98. The molecule has 0 unspecified atom stereocenters. The van der Waals surface area contributed by atoms with Crippen LogP contribution >= 0.6 is 11.8 Å². The number of nitrogens with zero attached hydrogens (tertiary/aromatic N) is 2. The van der Waals surface area contributed by atoms with Gasteiger partial charge in [0.15, 0.2) is 5.82 Å². The predicted octanol–water partition coefficient (Wildman–Crippen LogP) is 3.08. The lowest BCUT2D eigenvalue weighted by atomic mass is 10.2. The molecule has 0 saturated carbocycles. The number of nitrogens with one attached hydrogen (secondary N) is 1. The van der Waals surface area contributed by atoms with Crippen LogP contribution in [0.25, 0.3) is 22.3 Å². The fraction of sp³-hybridized carbons (Fsp3) is 0.238. The molecule has 7 nitrogen and oxygen atoms in total. The Morgan fingerprint density at radius 3 is 2.62 bits per heavy atom. The lowest BCUT2D eigenvalue weighted by molar-refractivity contribution is -0.143. The average molecular weight is 411 g/mol. The van der Waals surface area contributed by atoms with E-state index in [9.17, 15) is 9.59 Å². The first kappa shape index (κ1) is 20.6. The molecule has 150 valence electrons. The second kappa shape index (κ2) is 9.88. The highest BCUT2D eigenvalue weighted by atomic mass is 32.2. The lowest BCUT2D eigenvalue weighted by Crippen LogP contribution is -2.31. The maximum Gasteiger partial charge on any atom is 0.325 e. The van der Waals surface area contributed by atoms with Gasteiger partial charge in [-0.3, -0.25) is 9.59 Å². The van der Waals surface area contributed by atoms with Crippen LogP contribution in [0.3, 0.4) is 0 Å². The van der Waals surface area contributed by atoms with Crippen LogP contribution in [0.15, 0.2) is 53.6 Å². The molecule has 0 bridgehead atoms. The van der Waals surface area contributed by atoms with Crippen molar-refractivity contribution in [1.82, 2.24) is 15.3 Å². The van der Waals surface area contributed by atoms with Gasteiger partial charge in [0, 0.05) is 10.9 Å². The Morgan fingerprint density at radius 1 is 1.10 bits per heavy atom. The van der Waals surface area contributed by atoms with Crippen LogP contribution in [0, 0.1) is 0 Å². The maximum absolute atomic E-state index is 12.1.